The highest BCUT2D eigenvalue weighted by molar-refractivity contribution is 5.88. The fraction of sp³-hybridized carbons (Fsp3) is 0.286. The van der Waals surface area contributed by atoms with Crippen LogP contribution in [0.4, 0.5) is 4.79 Å². The van der Waals surface area contributed by atoms with Gasteiger partial charge in [0.05, 0.1) is 5.69 Å². The molecule has 1 aromatic heterocycles. The largest absolute Gasteiger partial charge is 0.476 e. The summed E-state index contributed by atoms with van der Waals surface area (Å²) in [4.78, 5) is 21.1. The number of rotatable bonds is 1. The molecule has 0 radical (unpaired) electrons. The van der Waals surface area contributed by atoms with Gasteiger partial charge in [0.1, 0.15) is 0 Å². The molecule has 70 valence electrons. The van der Waals surface area contributed by atoms with Gasteiger partial charge >= 0.3 is 12.1 Å². The van der Waals surface area contributed by atoms with Gasteiger partial charge in [0.15, 0.2) is 5.69 Å². The Morgan fingerprint density at radius 3 is 2.08 bits per heavy atom. The summed E-state index contributed by atoms with van der Waals surface area (Å²) in [7, 11) is 0. The van der Waals surface area contributed by atoms with Crippen LogP contribution < -0.4 is 0 Å². The number of aromatic nitrogens is 2. The van der Waals surface area contributed by atoms with Crippen molar-refractivity contribution in [1.82, 2.24) is 9.78 Å². The third-order valence-electron chi connectivity index (χ3n) is 1.80. The van der Waals surface area contributed by atoms with Gasteiger partial charge in [0.2, 0.25) is 0 Å². The molecule has 0 aliphatic rings. The second-order valence-corrected chi connectivity index (χ2v) is 2.56. The van der Waals surface area contributed by atoms with E-state index in [0.29, 0.717) is 15.9 Å². The van der Waals surface area contributed by atoms with Crippen LogP contribution in [0, 0.1) is 13.8 Å². The summed E-state index contributed by atoms with van der Waals surface area (Å²) in [6, 6.07) is 0. The molecule has 0 spiro atoms. The molecule has 0 amide bonds. The third kappa shape index (κ3) is 1.37. The number of hydrogen-bond donors (Lipinski definition) is 2. The van der Waals surface area contributed by atoms with Crippen molar-refractivity contribution in [2.75, 3.05) is 0 Å². The van der Waals surface area contributed by atoms with Crippen LogP contribution in [-0.2, 0) is 0 Å². The highest BCUT2D eigenvalue weighted by atomic mass is 16.4. The van der Waals surface area contributed by atoms with Crippen LogP contribution in [0.25, 0.3) is 0 Å². The van der Waals surface area contributed by atoms with E-state index >= 15 is 0 Å². The van der Waals surface area contributed by atoms with Gasteiger partial charge < -0.3 is 10.2 Å². The molecule has 6 nitrogen and oxygen atoms in total. The maximum atomic E-state index is 10.5. The topological polar surface area (TPSA) is 92.4 Å². The molecule has 0 unspecified atom stereocenters. The molecule has 0 aliphatic carbocycles. The van der Waals surface area contributed by atoms with Crippen LogP contribution in [0.2, 0.25) is 0 Å². The SMILES string of the molecule is Cc1c(C(=O)O)nn(C(=O)O)c1C. The summed E-state index contributed by atoms with van der Waals surface area (Å²) in [5, 5.41) is 20.6. The molecule has 0 bridgehead atoms. The van der Waals surface area contributed by atoms with Crippen molar-refractivity contribution in [3.05, 3.63) is 17.0 Å². The quantitative estimate of drug-likeness (QED) is 0.670. The number of nitrogens with zero attached hydrogens (tertiary/aromatic N) is 2. The first-order valence-electron chi connectivity index (χ1n) is 3.48. The minimum absolute atomic E-state index is 0.222. The monoisotopic (exact) mass is 184 g/mol. The van der Waals surface area contributed by atoms with Crippen LogP contribution in [0.1, 0.15) is 21.7 Å². The maximum absolute atomic E-state index is 10.5. The molecule has 1 aromatic rings. The first-order valence-corrected chi connectivity index (χ1v) is 3.48. The van der Waals surface area contributed by atoms with Crippen molar-refractivity contribution < 1.29 is 19.8 Å². The van der Waals surface area contributed by atoms with E-state index in [1.165, 1.54) is 13.8 Å². The Morgan fingerprint density at radius 1 is 1.31 bits per heavy atom. The normalized spacial score (nSPS) is 10.0. The second-order valence-electron chi connectivity index (χ2n) is 2.56. The van der Waals surface area contributed by atoms with Crippen molar-refractivity contribution in [1.29, 1.82) is 0 Å². The Balaban J connectivity index is 3.36. The zero-order chi connectivity index (χ0) is 10.2. The number of carboxylic acid groups (broad SMARTS) is 2. The molecule has 6 heteroatoms. The van der Waals surface area contributed by atoms with E-state index < -0.39 is 12.1 Å². The zero-order valence-corrected chi connectivity index (χ0v) is 7.11. The number of carboxylic acids is 1. The molecule has 0 saturated carbocycles. The minimum Gasteiger partial charge on any atom is -0.476 e. The summed E-state index contributed by atoms with van der Waals surface area (Å²) in [5.74, 6) is -1.22. The van der Waals surface area contributed by atoms with E-state index in [4.69, 9.17) is 10.2 Å². The third-order valence-corrected chi connectivity index (χ3v) is 1.80. The van der Waals surface area contributed by atoms with Crippen molar-refractivity contribution in [3.63, 3.8) is 0 Å². The van der Waals surface area contributed by atoms with Gasteiger partial charge in [0.25, 0.3) is 0 Å². The summed E-state index contributed by atoms with van der Waals surface area (Å²) in [5.41, 5.74) is 0.472. The van der Waals surface area contributed by atoms with Gasteiger partial charge in [-0.2, -0.15) is 9.78 Å². The van der Waals surface area contributed by atoms with Gasteiger partial charge in [-0.1, -0.05) is 0 Å². The van der Waals surface area contributed by atoms with Gasteiger partial charge in [-0.3, -0.25) is 0 Å². The standard InChI is InChI=1S/C7H8N2O4/c1-3-4(2)9(7(12)13)8-5(3)6(10)11/h1-2H3,(H,10,11)(H,12,13). The van der Waals surface area contributed by atoms with Crippen LogP contribution in [0.3, 0.4) is 0 Å². The van der Waals surface area contributed by atoms with E-state index in [1.807, 2.05) is 0 Å². The Hall–Kier alpha value is -1.85. The van der Waals surface area contributed by atoms with E-state index in [9.17, 15) is 9.59 Å². The molecule has 0 aliphatic heterocycles. The van der Waals surface area contributed by atoms with E-state index in [0.717, 1.165) is 0 Å². The van der Waals surface area contributed by atoms with Crippen LogP contribution in [0.15, 0.2) is 0 Å². The molecule has 0 saturated heterocycles. The predicted octanol–water partition coefficient (Wildman–Crippen LogP) is 0.724. The van der Waals surface area contributed by atoms with E-state index in [-0.39, 0.29) is 5.69 Å². The Labute approximate surface area is 73.4 Å². The van der Waals surface area contributed by atoms with Gasteiger partial charge in [-0.25, -0.2) is 9.59 Å². The van der Waals surface area contributed by atoms with E-state index in [1.54, 1.807) is 0 Å². The number of hydrogen-bond acceptors (Lipinski definition) is 3. The lowest BCUT2D eigenvalue weighted by molar-refractivity contribution is 0.0689. The molecular formula is C7H8N2O4. The maximum Gasteiger partial charge on any atom is 0.432 e. The molecule has 0 atom stereocenters. The fourth-order valence-corrected chi connectivity index (χ4v) is 0.970. The smallest absolute Gasteiger partial charge is 0.432 e. The Bertz CT molecular complexity index is 346. The zero-order valence-electron chi connectivity index (χ0n) is 7.11. The number of aromatic carboxylic acids is 1. The van der Waals surface area contributed by atoms with Crippen molar-refractivity contribution in [2.24, 2.45) is 0 Å². The fourth-order valence-electron chi connectivity index (χ4n) is 0.970. The molecule has 0 aromatic carbocycles. The molecule has 13 heavy (non-hydrogen) atoms. The lowest BCUT2D eigenvalue weighted by Gasteiger charge is -1.93. The minimum atomic E-state index is -1.28. The Kier molecular flexibility index (Phi) is 2.05. The summed E-state index contributed by atoms with van der Waals surface area (Å²) in [6.45, 7) is 3.02. The average molecular weight is 184 g/mol. The summed E-state index contributed by atoms with van der Waals surface area (Å²) >= 11 is 0. The Morgan fingerprint density at radius 2 is 1.85 bits per heavy atom. The first kappa shape index (κ1) is 9.24. The molecule has 2 N–H and O–H groups in total. The van der Waals surface area contributed by atoms with Crippen molar-refractivity contribution in [2.45, 2.75) is 13.8 Å². The summed E-state index contributed by atoms with van der Waals surface area (Å²) in [6.07, 6.45) is -1.28. The van der Waals surface area contributed by atoms with Crippen LogP contribution in [0.5, 0.6) is 0 Å². The highest BCUT2D eigenvalue weighted by Gasteiger charge is 2.19. The van der Waals surface area contributed by atoms with E-state index in [2.05, 4.69) is 5.10 Å². The van der Waals surface area contributed by atoms with Gasteiger partial charge in [-0.15, -0.1) is 0 Å². The van der Waals surface area contributed by atoms with Crippen molar-refractivity contribution in [3.8, 4) is 0 Å². The lowest BCUT2D eigenvalue weighted by Crippen LogP contribution is -2.12. The molecular weight excluding hydrogens is 176 g/mol. The first-order chi connectivity index (χ1) is 5.95. The highest BCUT2D eigenvalue weighted by Crippen LogP contribution is 2.11. The van der Waals surface area contributed by atoms with Crippen molar-refractivity contribution >= 4 is 12.1 Å². The molecule has 0 fully saturated rings. The summed E-state index contributed by atoms with van der Waals surface area (Å²) < 4.78 is 0.652. The predicted molar refractivity (Wildman–Crippen MR) is 42.1 cm³/mol. The average Bonchev–Trinajstić information content (AvgIpc) is 2.29. The van der Waals surface area contributed by atoms with Gasteiger partial charge in [0, 0.05) is 5.56 Å². The number of carbonyl (C=O) groups is 2. The van der Waals surface area contributed by atoms with Crippen LogP contribution in [-0.4, -0.2) is 32.1 Å². The lowest BCUT2D eigenvalue weighted by atomic mass is 10.2. The molecule has 1 rings (SSSR count). The second kappa shape index (κ2) is 2.89. The molecule has 1 heterocycles. The van der Waals surface area contributed by atoms with Crippen LogP contribution >= 0.6 is 0 Å². The van der Waals surface area contributed by atoms with Gasteiger partial charge in [-0.05, 0) is 13.8 Å².